The fourth-order valence-electron chi connectivity index (χ4n) is 3.39. The maximum atomic E-state index is 6.62. The largest absolute Gasteiger partial charge is 0.388 e. The Morgan fingerprint density at radius 1 is 0.923 bits per heavy atom. The van der Waals surface area contributed by atoms with Gasteiger partial charge in [0.05, 0.1) is 5.69 Å². The molecule has 0 radical (unpaired) electrons. The van der Waals surface area contributed by atoms with Crippen molar-refractivity contribution in [1.29, 1.82) is 0 Å². The number of fused-ring (bicyclic) bond motifs is 1. The van der Waals surface area contributed by atoms with Crippen molar-refractivity contribution < 1.29 is 0 Å². The number of aromatic nitrogens is 1. The van der Waals surface area contributed by atoms with Crippen LogP contribution in [0.25, 0.3) is 22.0 Å². The van der Waals surface area contributed by atoms with Gasteiger partial charge in [0, 0.05) is 21.5 Å². The molecular formula is C22H17ClN2S. The minimum atomic E-state index is 0.349. The van der Waals surface area contributed by atoms with Gasteiger partial charge in [-0.25, -0.2) is 0 Å². The summed E-state index contributed by atoms with van der Waals surface area (Å²) in [6, 6.07) is 24.4. The Labute approximate surface area is 162 Å². The molecule has 0 aliphatic carbocycles. The van der Waals surface area contributed by atoms with E-state index >= 15 is 0 Å². The first-order valence-corrected chi connectivity index (χ1v) is 9.16. The van der Waals surface area contributed by atoms with E-state index in [-0.39, 0.29) is 0 Å². The molecule has 1 aromatic heterocycles. The van der Waals surface area contributed by atoms with Gasteiger partial charge >= 0.3 is 0 Å². The summed E-state index contributed by atoms with van der Waals surface area (Å²) in [5.74, 6) is 0. The molecular weight excluding hydrogens is 360 g/mol. The van der Waals surface area contributed by atoms with Crippen LogP contribution >= 0.6 is 23.8 Å². The molecule has 0 aliphatic rings. The van der Waals surface area contributed by atoms with Gasteiger partial charge in [-0.15, -0.1) is 0 Å². The van der Waals surface area contributed by atoms with Crippen LogP contribution in [0, 0.1) is 0 Å². The van der Waals surface area contributed by atoms with Crippen LogP contribution < -0.4 is 5.73 Å². The van der Waals surface area contributed by atoms with Crippen molar-refractivity contribution >= 4 is 39.7 Å². The Hall–Kier alpha value is -2.62. The summed E-state index contributed by atoms with van der Waals surface area (Å²) < 4.78 is 0. The molecule has 0 bridgehead atoms. The van der Waals surface area contributed by atoms with Crippen molar-refractivity contribution in [2.24, 2.45) is 5.73 Å². The average Bonchev–Trinajstić information content (AvgIpc) is 3.06. The molecule has 128 valence electrons. The van der Waals surface area contributed by atoms with E-state index in [9.17, 15) is 0 Å². The number of hydrogen-bond acceptors (Lipinski definition) is 1. The number of aromatic amines is 1. The Balaban J connectivity index is 2.03. The molecule has 26 heavy (non-hydrogen) atoms. The SMILES string of the molecule is NC(=S)c1[nH]c2ccc(Cl)c(Cc3ccccc3)c2c1-c1ccccc1. The second kappa shape index (κ2) is 6.94. The van der Waals surface area contributed by atoms with Gasteiger partial charge in [-0.3, -0.25) is 0 Å². The predicted molar refractivity (Wildman–Crippen MR) is 114 cm³/mol. The minimum Gasteiger partial charge on any atom is -0.388 e. The van der Waals surface area contributed by atoms with E-state index in [0.717, 1.165) is 44.7 Å². The average molecular weight is 377 g/mol. The number of halogens is 1. The van der Waals surface area contributed by atoms with Gasteiger partial charge in [-0.05, 0) is 35.2 Å². The van der Waals surface area contributed by atoms with Crippen molar-refractivity contribution in [2.45, 2.75) is 6.42 Å². The highest BCUT2D eigenvalue weighted by Crippen LogP contribution is 2.38. The first-order chi connectivity index (χ1) is 12.6. The van der Waals surface area contributed by atoms with Gasteiger partial charge in [0.15, 0.2) is 0 Å². The zero-order valence-electron chi connectivity index (χ0n) is 14.0. The maximum absolute atomic E-state index is 6.62. The lowest BCUT2D eigenvalue weighted by molar-refractivity contribution is 1.21. The van der Waals surface area contributed by atoms with E-state index in [4.69, 9.17) is 29.6 Å². The Kier molecular flexibility index (Phi) is 4.49. The van der Waals surface area contributed by atoms with Crippen molar-refractivity contribution in [3.63, 3.8) is 0 Å². The molecule has 4 heteroatoms. The van der Waals surface area contributed by atoms with Crippen LogP contribution in [0.15, 0.2) is 72.8 Å². The van der Waals surface area contributed by atoms with E-state index in [2.05, 4.69) is 29.2 Å². The van der Waals surface area contributed by atoms with E-state index in [1.54, 1.807) is 0 Å². The lowest BCUT2D eigenvalue weighted by Crippen LogP contribution is -2.11. The van der Waals surface area contributed by atoms with Gasteiger partial charge in [-0.2, -0.15) is 0 Å². The number of rotatable bonds is 4. The number of nitrogens with two attached hydrogens (primary N) is 1. The van der Waals surface area contributed by atoms with Crippen molar-refractivity contribution in [2.75, 3.05) is 0 Å². The van der Waals surface area contributed by atoms with Crippen LogP contribution in [-0.4, -0.2) is 9.97 Å². The minimum absolute atomic E-state index is 0.349. The van der Waals surface area contributed by atoms with Crippen LogP contribution in [0.4, 0.5) is 0 Å². The fraction of sp³-hybridized carbons (Fsp3) is 0.0455. The zero-order chi connectivity index (χ0) is 18.1. The summed E-state index contributed by atoms with van der Waals surface area (Å²) in [7, 11) is 0. The molecule has 0 saturated carbocycles. The van der Waals surface area contributed by atoms with E-state index in [1.165, 1.54) is 5.56 Å². The van der Waals surface area contributed by atoms with Crippen LogP contribution in [-0.2, 0) is 6.42 Å². The van der Waals surface area contributed by atoms with Crippen molar-refractivity contribution in [3.8, 4) is 11.1 Å². The molecule has 0 spiro atoms. The topological polar surface area (TPSA) is 41.8 Å². The zero-order valence-corrected chi connectivity index (χ0v) is 15.6. The molecule has 0 saturated heterocycles. The molecule has 0 unspecified atom stereocenters. The van der Waals surface area contributed by atoms with Crippen LogP contribution in [0.5, 0.6) is 0 Å². The summed E-state index contributed by atoms with van der Waals surface area (Å²) in [5.41, 5.74) is 12.2. The lowest BCUT2D eigenvalue weighted by Gasteiger charge is -2.10. The molecule has 1 heterocycles. The standard InChI is InChI=1S/C22H17ClN2S/c23-17-11-12-18-20(16(17)13-14-7-3-1-4-8-14)19(21(25-18)22(24)26)15-9-5-2-6-10-15/h1-12,25H,13H2,(H2,24,26). The molecule has 0 fully saturated rings. The van der Waals surface area contributed by atoms with Crippen LogP contribution in [0.1, 0.15) is 16.8 Å². The summed E-state index contributed by atoms with van der Waals surface area (Å²) in [5, 5.41) is 1.82. The Bertz CT molecular complexity index is 1090. The second-order valence-electron chi connectivity index (χ2n) is 6.22. The van der Waals surface area contributed by atoms with E-state index < -0.39 is 0 Å². The number of thiocarbonyl (C=S) groups is 1. The monoisotopic (exact) mass is 376 g/mol. The summed E-state index contributed by atoms with van der Waals surface area (Å²) in [6.07, 6.45) is 0.742. The first kappa shape index (κ1) is 16.8. The van der Waals surface area contributed by atoms with E-state index in [1.807, 2.05) is 48.5 Å². The smallest absolute Gasteiger partial charge is 0.121 e. The molecule has 4 aromatic rings. The third-order valence-electron chi connectivity index (χ3n) is 4.55. The van der Waals surface area contributed by atoms with Crippen molar-refractivity contribution in [1.82, 2.24) is 4.98 Å². The molecule has 3 aromatic carbocycles. The predicted octanol–water partition coefficient (Wildman–Crippen LogP) is 5.71. The van der Waals surface area contributed by atoms with Gasteiger partial charge < -0.3 is 10.7 Å². The normalized spacial score (nSPS) is 11.0. The third-order valence-corrected chi connectivity index (χ3v) is 5.11. The number of H-pyrrole nitrogens is 1. The molecule has 0 amide bonds. The first-order valence-electron chi connectivity index (χ1n) is 8.37. The van der Waals surface area contributed by atoms with Gasteiger partial charge in [0.2, 0.25) is 0 Å². The fourth-order valence-corrected chi connectivity index (χ4v) is 3.76. The highest BCUT2D eigenvalue weighted by Gasteiger charge is 2.19. The molecule has 0 aliphatic heterocycles. The molecule has 4 rings (SSSR count). The number of hydrogen-bond donors (Lipinski definition) is 2. The molecule has 0 atom stereocenters. The molecule has 2 nitrogen and oxygen atoms in total. The third kappa shape index (κ3) is 3.00. The van der Waals surface area contributed by atoms with Crippen LogP contribution in [0.3, 0.4) is 0 Å². The van der Waals surface area contributed by atoms with Crippen molar-refractivity contribution in [3.05, 3.63) is 94.6 Å². The Morgan fingerprint density at radius 2 is 1.58 bits per heavy atom. The lowest BCUT2D eigenvalue weighted by atomic mass is 9.95. The summed E-state index contributed by atoms with van der Waals surface area (Å²) >= 11 is 11.9. The van der Waals surface area contributed by atoms with Gasteiger partial charge in [0.25, 0.3) is 0 Å². The molecule has 3 N–H and O–H groups in total. The maximum Gasteiger partial charge on any atom is 0.121 e. The number of benzene rings is 3. The highest BCUT2D eigenvalue weighted by molar-refractivity contribution is 7.80. The van der Waals surface area contributed by atoms with E-state index in [0.29, 0.717) is 4.99 Å². The highest BCUT2D eigenvalue weighted by atomic mass is 35.5. The number of nitrogens with one attached hydrogen (secondary N) is 1. The summed E-state index contributed by atoms with van der Waals surface area (Å²) in [4.78, 5) is 3.74. The van der Waals surface area contributed by atoms with Gasteiger partial charge in [-0.1, -0.05) is 84.5 Å². The Morgan fingerprint density at radius 3 is 2.23 bits per heavy atom. The second-order valence-corrected chi connectivity index (χ2v) is 7.06. The van der Waals surface area contributed by atoms with Gasteiger partial charge in [0.1, 0.15) is 4.99 Å². The quantitative estimate of drug-likeness (QED) is 0.448. The summed E-state index contributed by atoms with van der Waals surface area (Å²) in [6.45, 7) is 0. The van der Waals surface area contributed by atoms with Crippen LogP contribution in [0.2, 0.25) is 5.02 Å².